The SMILES string of the molecule is Cc1cc(F)cc(CNc2nc(C(C)C)c3n(c2=O)[C@H](C(=O)NCc2ccc(N)nc2C)CC3)c1. The summed E-state index contributed by atoms with van der Waals surface area (Å²) < 4.78 is 15.4. The molecule has 35 heavy (non-hydrogen) atoms. The normalized spacial score (nSPS) is 14.7. The maximum atomic E-state index is 13.8. The van der Waals surface area contributed by atoms with Crippen LogP contribution in [0.3, 0.4) is 0 Å². The molecule has 4 rings (SSSR count). The zero-order valence-electron chi connectivity index (χ0n) is 20.5. The maximum absolute atomic E-state index is 13.8. The van der Waals surface area contributed by atoms with Crippen LogP contribution in [0.2, 0.25) is 0 Å². The molecule has 0 radical (unpaired) electrons. The largest absolute Gasteiger partial charge is 0.384 e. The average molecular weight is 479 g/mol. The van der Waals surface area contributed by atoms with E-state index in [0.717, 1.165) is 28.2 Å². The number of carbonyl (C=O) groups is 1. The number of halogens is 1. The number of fused-ring (bicyclic) bond motifs is 1. The van der Waals surface area contributed by atoms with Gasteiger partial charge in [0.1, 0.15) is 17.7 Å². The third kappa shape index (κ3) is 5.18. The van der Waals surface area contributed by atoms with E-state index in [1.807, 2.05) is 39.8 Å². The minimum atomic E-state index is -0.628. The van der Waals surface area contributed by atoms with Crippen molar-refractivity contribution in [2.75, 3.05) is 11.1 Å². The Morgan fingerprint density at radius 1 is 1.20 bits per heavy atom. The number of amides is 1. The quantitative estimate of drug-likeness (QED) is 0.479. The predicted molar refractivity (Wildman–Crippen MR) is 134 cm³/mol. The Hall–Kier alpha value is -3.75. The molecule has 0 saturated heterocycles. The third-order valence-corrected chi connectivity index (χ3v) is 6.29. The second-order valence-corrected chi connectivity index (χ2v) is 9.37. The van der Waals surface area contributed by atoms with Gasteiger partial charge in [-0.1, -0.05) is 26.0 Å². The Morgan fingerprint density at radius 2 is 1.97 bits per heavy atom. The first-order valence-electron chi connectivity index (χ1n) is 11.8. The molecule has 3 heterocycles. The van der Waals surface area contributed by atoms with E-state index in [0.29, 0.717) is 30.8 Å². The Labute approximate surface area is 203 Å². The number of pyridine rings is 1. The monoisotopic (exact) mass is 478 g/mol. The van der Waals surface area contributed by atoms with Crippen molar-refractivity contribution >= 4 is 17.5 Å². The second kappa shape index (κ2) is 9.85. The summed E-state index contributed by atoms with van der Waals surface area (Å²) in [5, 5.41) is 6.02. The van der Waals surface area contributed by atoms with Crippen LogP contribution in [0, 0.1) is 19.7 Å². The number of aromatic nitrogens is 3. The summed E-state index contributed by atoms with van der Waals surface area (Å²) in [5.41, 5.74) is 10.1. The number of nitrogens with zero attached hydrogens (tertiary/aromatic N) is 3. The first-order chi connectivity index (χ1) is 16.6. The van der Waals surface area contributed by atoms with Gasteiger partial charge in [0.15, 0.2) is 5.82 Å². The molecule has 184 valence electrons. The van der Waals surface area contributed by atoms with Gasteiger partial charge in [-0.2, -0.15) is 0 Å². The number of nitrogen functional groups attached to an aromatic ring is 1. The van der Waals surface area contributed by atoms with Crippen LogP contribution >= 0.6 is 0 Å². The number of hydrogen-bond acceptors (Lipinski definition) is 6. The lowest BCUT2D eigenvalue weighted by molar-refractivity contribution is -0.124. The topological polar surface area (TPSA) is 115 Å². The molecule has 1 amide bonds. The van der Waals surface area contributed by atoms with Crippen molar-refractivity contribution in [1.29, 1.82) is 0 Å². The molecule has 1 aromatic carbocycles. The highest BCUT2D eigenvalue weighted by Gasteiger charge is 2.33. The fourth-order valence-corrected chi connectivity index (χ4v) is 4.60. The van der Waals surface area contributed by atoms with Crippen molar-refractivity contribution in [3.05, 3.63) is 80.3 Å². The van der Waals surface area contributed by atoms with Crippen LogP contribution in [0.15, 0.2) is 35.1 Å². The first kappa shape index (κ1) is 24.4. The number of benzene rings is 1. The van der Waals surface area contributed by atoms with E-state index in [4.69, 9.17) is 5.73 Å². The third-order valence-electron chi connectivity index (χ3n) is 6.29. The van der Waals surface area contributed by atoms with Crippen LogP contribution in [0.25, 0.3) is 0 Å². The molecule has 9 heteroatoms. The highest BCUT2D eigenvalue weighted by Crippen LogP contribution is 2.30. The molecule has 8 nitrogen and oxygen atoms in total. The summed E-state index contributed by atoms with van der Waals surface area (Å²) in [7, 11) is 0. The van der Waals surface area contributed by atoms with Gasteiger partial charge in [-0.15, -0.1) is 0 Å². The zero-order chi connectivity index (χ0) is 25.3. The van der Waals surface area contributed by atoms with Crippen LogP contribution in [-0.2, 0) is 24.3 Å². The lowest BCUT2D eigenvalue weighted by Crippen LogP contribution is -2.37. The Bertz CT molecular complexity index is 1310. The summed E-state index contributed by atoms with van der Waals surface area (Å²) in [6.07, 6.45) is 1.12. The molecule has 0 aliphatic carbocycles. The number of nitrogens with two attached hydrogens (primary N) is 1. The maximum Gasteiger partial charge on any atom is 0.294 e. The number of aryl methyl sites for hydroxylation is 2. The van der Waals surface area contributed by atoms with E-state index in [2.05, 4.69) is 20.6 Å². The van der Waals surface area contributed by atoms with Gasteiger partial charge in [-0.3, -0.25) is 14.2 Å². The summed E-state index contributed by atoms with van der Waals surface area (Å²) in [6, 6.07) is 7.64. The molecule has 0 saturated carbocycles. The smallest absolute Gasteiger partial charge is 0.294 e. The van der Waals surface area contributed by atoms with Gasteiger partial charge >= 0.3 is 0 Å². The fraction of sp³-hybridized carbons (Fsp3) is 0.385. The van der Waals surface area contributed by atoms with Crippen molar-refractivity contribution in [2.45, 2.75) is 65.6 Å². The number of nitrogens with one attached hydrogen (secondary N) is 2. The Balaban J connectivity index is 1.60. The zero-order valence-corrected chi connectivity index (χ0v) is 20.5. The molecular formula is C26H31FN6O2. The van der Waals surface area contributed by atoms with E-state index in [9.17, 15) is 14.0 Å². The summed E-state index contributed by atoms with van der Waals surface area (Å²) >= 11 is 0. The lowest BCUT2D eigenvalue weighted by Gasteiger charge is -2.19. The Kier molecular flexibility index (Phi) is 6.86. The molecule has 0 bridgehead atoms. The second-order valence-electron chi connectivity index (χ2n) is 9.37. The van der Waals surface area contributed by atoms with Crippen molar-refractivity contribution in [2.24, 2.45) is 0 Å². The summed E-state index contributed by atoms with van der Waals surface area (Å²) in [5.74, 6) is 0.106. The molecule has 2 aromatic heterocycles. The highest BCUT2D eigenvalue weighted by atomic mass is 19.1. The highest BCUT2D eigenvalue weighted by molar-refractivity contribution is 5.81. The van der Waals surface area contributed by atoms with Crippen LogP contribution < -0.4 is 21.9 Å². The van der Waals surface area contributed by atoms with E-state index < -0.39 is 6.04 Å². The number of hydrogen-bond donors (Lipinski definition) is 3. The van der Waals surface area contributed by atoms with Crippen LogP contribution in [0.5, 0.6) is 0 Å². The molecule has 0 spiro atoms. The summed E-state index contributed by atoms with van der Waals surface area (Å²) in [4.78, 5) is 35.4. The number of carbonyl (C=O) groups excluding carboxylic acids is 1. The van der Waals surface area contributed by atoms with Crippen molar-refractivity contribution in [3.8, 4) is 0 Å². The van der Waals surface area contributed by atoms with Gasteiger partial charge in [0, 0.05) is 24.5 Å². The molecule has 0 fully saturated rings. The molecular weight excluding hydrogens is 447 g/mol. The van der Waals surface area contributed by atoms with E-state index >= 15 is 0 Å². The molecule has 1 atom stereocenters. The van der Waals surface area contributed by atoms with Crippen LogP contribution in [0.1, 0.15) is 66.0 Å². The minimum Gasteiger partial charge on any atom is -0.384 e. The minimum absolute atomic E-state index is 0.0686. The molecule has 0 unspecified atom stereocenters. The van der Waals surface area contributed by atoms with Gasteiger partial charge in [0.2, 0.25) is 5.91 Å². The molecule has 3 aromatic rings. The fourth-order valence-electron chi connectivity index (χ4n) is 4.60. The van der Waals surface area contributed by atoms with E-state index in [1.54, 1.807) is 10.6 Å². The van der Waals surface area contributed by atoms with Gasteiger partial charge in [0.05, 0.1) is 5.69 Å². The molecule has 1 aliphatic rings. The van der Waals surface area contributed by atoms with Crippen molar-refractivity contribution < 1.29 is 9.18 Å². The Morgan fingerprint density at radius 3 is 2.66 bits per heavy atom. The van der Waals surface area contributed by atoms with Gasteiger partial charge in [-0.05, 0) is 67.5 Å². The van der Waals surface area contributed by atoms with Crippen molar-refractivity contribution in [1.82, 2.24) is 19.9 Å². The first-order valence-corrected chi connectivity index (χ1v) is 11.8. The number of anilines is 2. The summed E-state index contributed by atoms with van der Waals surface area (Å²) in [6.45, 7) is 8.22. The molecule has 1 aliphatic heterocycles. The number of rotatable bonds is 7. The van der Waals surface area contributed by atoms with Crippen LogP contribution in [0.4, 0.5) is 16.0 Å². The van der Waals surface area contributed by atoms with Gasteiger partial charge in [0.25, 0.3) is 5.56 Å². The van der Waals surface area contributed by atoms with Crippen LogP contribution in [-0.4, -0.2) is 20.4 Å². The van der Waals surface area contributed by atoms with Gasteiger partial charge < -0.3 is 16.4 Å². The van der Waals surface area contributed by atoms with Gasteiger partial charge in [-0.25, -0.2) is 14.4 Å². The van der Waals surface area contributed by atoms with E-state index in [1.165, 1.54) is 12.1 Å². The van der Waals surface area contributed by atoms with E-state index in [-0.39, 0.29) is 35.6 Å². The predicted octanol–water partition coefficient (Wildman–Crippen LogP) is 3.52. The lowest BCUT2D eigenvalue weighted by atomic mass is 10.1. The van der Waals surface area contributed by atoms with Crippen molar-refractivity contribution in [3.63, 3.8) is 0 Å². The average Bonchev–Trinajstić information content (AvgIpc) is 3.23. The standard InChI is InChI=1S/C26H31FN6O2/c1-14(2)23-20-6-7-21(25(34)30-13-18-5-8-22(28)31-16(18)4)33(20)26(35)24(32-23)29-12-17-9-15(3)10-19(27)11-17/h5,8-11,14,21H,6-7,12-13H2,1-4H3,(H2,28,31)(H,29,32)(H,30,34)/t21-/m0/s1. The molecule has 4 N–H and O–H groups in total.